The Labute approximate surface area is 125 Å². The van der Waals surface area contributed by atoms with Crippen LogP contribution in [0.2, 0.25) is 0 Å². The summed E-state index contributed by atoms with van der Waals surface area (Å²) in [6.07, 6.45) is 3.47. The van der Waals surface area contributed by atoms with Gasteiger partial charge < -0.3 is 5.32 Å². The van der Waals surface area contributed by atoms with Crippen LogP contribution in [-0.2, 0) is 0 Å². The number of benzene rings is 1. The van der Waals surface area contributed by atoms with Crippen LogP contribution in [0.25, 0.3) is 0 Å². The Morgan fingerprint density at radius 1 is 1.43 bits per heavy atom. The predicted molar refractivity (Wildman–Crippen MR) is 80.6 cm³/mol. The molecule has 3 rings (SSSR count). The highest BCUT2D eigenvalue weighted by Crippen LogP contribution is 2.61. The third-order valence-corrected chi connectivity index (χ3v) is 5.21. The third kappa shape index (κ3) is 2.57. The molecule has 0 spiro atoms. The van der Waals surface area contributed by atoms with Gasteiger partial charge in [-0.15, -0.1) is 0 Å². The molecule has 3 nitrogen and oxygen atoms in total. The zero-order valence-corrected chi connectivity index (χ0v) is 12.7. The molecule has 1 saturated carbocycles. The van der Waals surface area contributed by atoms with Crippen LogP contribution in [0.5, 0.6) is 0 Å². The molecule has 0 aromatic heterocycles. The maximum atomic E-state index is 13.5. The SMILES string of the molecule is CCN1C2C[C@]2(CCNC(=O)c2ccccc2F)C[C@H]1C. The van der Waals surface area contributed by atoms with Crippen molar-refractivity contribution < 1.29 is 9.18 Å². The van der Waals surface area contributed by atoms with Gasteiger partial charge in [0, 0.05) is 18.6 Å². The molecule has 1 aromatic rings. The molecule has 1 heterocycles. The Bertz CT molecular complexity index is 547. The second-order valence-corrected chi connectivity index (χ2v) is 6.45. The number of amides is 1. The zero-order valence-electron chi connectivity index (χ0n) is 12.7. The van der Waals surface area contributed by atoms with Crippen molar-refractivity contribution in [1.82, 2.24) is 10.2 Å². The molecule has 4 heteroatoms. The molecule has 1 aliphatic carbocycles. The molecule has 1 N–H and O–H groups in total. The first-order valence-electron chi connectivity index (χ1n) is 7.86. The highest BCUT2D eigenvalue weighted by molar-refractivity contribution is 5.94. The number of hydrogen-bond donors (Lipinski definition) is 1. The second kappa shape index (κ2) is 5.41. The number of hydrogen-bond acceptors (Lipinski definition) is 2. The fourth-order valence-corrected chi connectivity index (χ4v) is 4.10. The molecule has 1 saturated heterocycles. The summed E-state index contributed by atoms with van der Waals surface area (Å²) in [6, 6.07) is 7.48. The van der Waals surface area contributed by atoms with Gasteiger partial charge in [0.15, 0.2) is 0 Å². The van der Waals surface area contributed by atoms with Gasteiger partial charge in [-0.1, -0.05) is 19.1 Å². The lowest BCUT2D eigenvalue weighted by molar-refractivity contribution is 0.0946. The Kier molecular flexibility index (Phi) is 3.74. The molecule has 1 aliphatic heterocycles. The Morgan fingerprint density at radius 3 is 2.86 bits per heavy atom. The Hall–Kier alpha value is -1.42. The van der Waals surface area contributed by atoms with Crippen molar-refractivity contribution in [3.8, 4) is 0 Å². The smallest absolute Gasteiger partial charge is 0.254 e. The van der Waals surface area contributed by atoms with Gasteiger partial charge in [-0.2, -0.15) is 0 Å². The molecule has 0 bridgehead atoms. The molecule has 21 heavy (non-hydrogen) atoms. The molecule has 1 aromatic carbocycles. The number of carbonyl (C=O) groups excluding carboxylic acids is 1. The van der Waals surface area contributed by atoms with Crippen LogP contribution < -0.4 is 5.32 Å². The number of nitrogens with one attached hydrogen (secondary N) is 1. The number of rotatable bonds is 5. The number of carbonyl (C=O) groups is 1. The summed E-state index contributed by atoms with van der Waals surface area (Å²) in [5, 5.41) is 2.87. The van der Waals surface area contributed by atoms with E-state index in [1.807, 2.05) is 0 Å². The summed E-state index contributed by atoms with van der Waals surface area (Å²) in [6.45, 7) is 6.24. The summed E-state index contributed by atoms with van der Waals surface area (Å²) in [7, 11) is 0. The lowest BCUT2D eigenvalue weighted by Gasteiger charge is -2.21. The maximum Gasteiger partial charge on any atom is 0.254 e. The summed E-state index contributed by atoms with van der Waals surface area (Å²) in [4.78, 5) is 14.5. The van der Waals surface area contributed by atoms with Gasteiger partial charge in [0.25, 0.3) is 5.91 Å². The van der Waals surface area contributed by atoms with Gasteiger partial charge in [-0.05, 0) is 50.3 Å². The van der Waals surface area contributed by atoms with Crippen molar-refractivity contribution in [2.75, 3.05) is 13.1 Å². The van der Waals surface area contributed by atoms with Crippen molar-refractivity contribution in [3.63, 3.8) is 0 Å². The van der Waals surface area contributed by atoms with Gasteiger partial charge in [0.05, 0.1) is 5.56 Å². The van der Waals surface area contributed by atoms with Gasteiger partial charge in [0.2, 0.25) is 0 Å². The standard InChI is InChI=1S/C17H23FN2O/c1-3-20-12(2)10-17(11-15(17)20)8-9-19-16(21)13-6-4-5-7-14(13)18/h4-7,12,15H,3,8-11H2,1-2H3,(H,19,21)/t12-,15?,17+/m1/s1. The molecule has 2 fully saturated rings. The van der Waals surface area contributed by atoms with E-state index >= 15 is 0 Å². The molecule has 1 unspecified atom stereocenters. The van der Waals surface area contributed by atoms with Gasteiger partial charge in [0.1, 0.15) is 5.82 Å². The van der Waals surface area contributed by atoms with E-state index in [2.05, 4.69) is 24.1 Å². The van der Waals surface area contributed by atoms with E-state index < -0.39 is 5.82 Å². The van der Waals surface area contributed by atoms with Crippen molar-refractivity contribution >= 4 is 5.91 Å². The molecular weight excluding hydrogens is 267 g/mol. The van der Waals surface area contributed by atoms with E-state index in [0.717, 1.165) is 13.0 Å². The molecule has 114 valence electrons. The number of likely N-dealkylation sites (tertiary alicyclic amines) is 1. The monoisotopic (exact) mass is 290 g/mol. The molecule has 1 amide bonds. The quantitative estimate of drug-likeness (QED) is 0.904. The first-order valence-corrected chi connectivity index (χ1v) is 7.86. The van der Waals surface area contributed by atoms with E-state index in [1.54, 1.807) is 12.1 Å². The average molecular weight is 290 g/mol. The van der Waals surface area contributed by atoms with Crippen molar-refractivity contribution in [2.24, 2.45) is 5.41 Å². The topological polar surface area (TPSA) is 32.3 Å². The molecule has 2 aliphatic rings. The number of nitrogens with zero attached hydrogens (tertiary/aromatic N) is 1. The van der Waals surface area contributed by atoms with Gasteiger partial charge in [-0.3, -0.25) is 9.69 Å². The van der Waals surface area contributed by atoms with E-state index in [-0.39, 0.29) is 11.5 Å². The van der Waals surface area contributed by atoms with Crippen LogP contribution in [-0.4, -0.2) is 36.0 Å². The van der Waals surface area contributed by atoms with Crippen LogP contribution in [0.15, 0.2) is 24.3 Å². The fraction of sp³-hybridized carbons (Fsp3) is 0.588. The number of halogens is 1. The van der Waals surface area contributed by atoms with Crippen molar-refractivity contribution in [2.45, 2.75) is 45.2 Å². The van der Waals surface area contributed by atoms with Crippen molar-refractivity contribution in [3.05, 3.63) is 35.6 Å². The first kappa shape index (κ1) is 14.5. The molecule has 3 atom stereocenters. The van der Waals surface area contributed by atoms with Crippen LogP contribution in [0.4, 0.5) is 4.39 Å². The van der Waals surface area contributed by atoms with E-state index in [9.17, 15) is 9.18 Å². The van der Waals surface area contributed by atoms with E-state index in [1.165, 1.54) is 25.0 Å². The lowest BCUT2D eigenvalue weighted by atomic mass is 9.96. The molecule has 0 radical (unpaired) electrons. The summed E-state index contributed by atoms with van der Waals surface area (Å²) in [5.74, 6) is -0.760. The summed E-state index contributed by atoms with van der Waals surface area (Å²) >= 11 is 0. The Balaban J connectivity index is 1.52. The molecular formula is C17H23FN2O. The maximum absolute atomic E-state index is 13.5. The zero-order chi connectivity index (χ0) is 15.0. The predicted octanol–water partition coefficient (Wildman–Crippen LogP) is 2.82. The van der Waals surface area contributed by atoms with Crippen LogP contribution in [0, 0.1) is 11.2 Å². The highest BCUT2D eigenvalue weighted by Gasteiger charge is 2.62. The minimum Gasteiger partial charge on any atom is -0.352 e. The lowest BCUT2D eigenvalue weighted by Crippen LogP contribution is -2.30. The normalized spacial score (nSPS) is 31.0. The van der Waals surface area contributed by atoms with Gasteiger partial charge >= 0.3 is 0 Å². The largest absolute Gasteiger partial charge is 0.352 e. The summed E-state index contributed by atoms with van der Waals surface area (Å²) in [5.41, 5.74) is 0.537. The summed E-state index contributed by atoms with van der Waals surface area (Å²) < 4.78 is 13.5. The first-order chi connectivity index (χ1) is 10.1. The number of piperidine rings is 1. The highest BCUT2D eigenvalue weighted by atomic mass is 19.1. The van der Waals surface area contributed by atoms with E-state index in [0.29, 0.717) is 24.0 Å². The van der Waals surface area contributed by atoms with E-state index in [4.69, 9.17) is 0 Å². The average Bonchev–Trinajstić information content (AvgIpc) is 3.06. The van der Waals surface area contributed by atoms with Crippen LogP contribution >= 0.6 is 0 Å². The van der Waals surface area contributed by atoms with Gasteiger partial charge in [-0.25, -0.2) is 4.39 Å². The van der Waals surface area contributed by atoms with Crippen LogP contribution in [0.3, 0.4) is 0 Å². The fourth-order valence-electron chi connectivity index (χ4n) is 4.10. The van der Waals surface area contributed by atoms with Crippen LogP contribution in [0.1, 0.15) is 43.5 Å². The second-order valence-electron chi connectivity index (χ2n) is 6.45. The minimum absolute atomic E-state index is 0.136. The van der Waals surface area contributed by atoms with Crippen molar-refractivity contribution in [1.29, 1.82) is 0 Å². The third-order valence-electron chi connectivity index (χ3n) is 5.21. The minimum atomic E-state index is -0.455. The number of fused-ring (bicyclic) bond motifs is 1. The Morgan fingerprint density at radius 2 is 2.19 bits per heavy atom.